The fourth-order valence-corrected chi connectivity index (χ4v) is 1.44. The highest BCUT2D eigenvalue weighted by atomic mass is 16.6. The number of hydrogen-bond donors (Lipinski definition) is 0. The lowest BCUT2D eigenvalue weighted by Crippen LogP contribution is -2.47. The lowest BCUT2D eigenvalue weighted by Gasteiger charge is -2.41. The molecule has 0 amide bonds. The summed E-state index contributed by atoms with van der Waals surface area (Å²) >= 11 is 0. The Bertz CT molecular complexity index is 128. The minimum absolute atomic E-state index is 0.0307. The lowest BCUT2D eigenvalue weighted by atomic mass is 9.91. The minimum Gasteiger partial charge on any atom is -0.499 e. The van der Waals surface area contributed by atoms with Crippen molar-refractivity contribution in [2.45, 2.75) is 31.8 Å². The molecule has 11 heavy (non-hydrogen) atoms. The maximum atomic E-state index is 5.49. The Labute approximate surface area is 68.2 Å². The highest BCUT2D eigenvalue weighted by Crippen LogP contribution is 2.31. The zero-order valence-electron chi connectivity index (χ0n) is 7.14. The van der Waals surface area contributed by atoms with Gasteiger partial charge in [-0.15, -0.1) is 0 Å². The quantitative estimate of drug-likeness (QED) is 0.567. The molecule has 1 unspecified atom stereocenters. The van der Waals surface area contributed by atoms with Crippen molar-refractivity contribution in [1.29, 1.82) is 0 Å². The fraction of sp³-hybridized carbons (Fsp3) is 0.778. The molecule has 1 fully saturated rings. The van der Waals surface area contributed by atoms with Gasteiger partial charge in [0.25, 0.3) is 0 Å². The summed E-state index contributed by atoms with van der Waals surface area (Å²) in [5.41, 5.74) is 0.0307. The Kier molecular flexibility index (Phi) is 2.94. The van der Waals surface area contributed by atoms with Crippen LogP contribution in [0.2, 0.25) is 0 Å². The molecule has 1 heterocycles. The first-order valence-corrected chi connectivity index (χ1v) is 4.19. The van der Waals surface area contributed by atoms with Crippen molar-refractivity contribution in [3.63, 3.8) is 0 Å². The summed E-state index contributed by atoms with van der Waals surface area (Å²) in [6, 6.07) is 0. The van der Waals surface area contributed by atoms with Crippen molar-refractivity contribution in [3.8, 4) is 0 Å². The highest BCUT2D eigenvalue weighted by molar-refractivity contribution is 4.87. The van der Waals surface area contributed by atoms with Gasteiger partial charge >= 0.3 is 0 Å². The molecule has 2 nitrogen and oxygen atoms in total. The van der Waals surface area contributed by atoms with E-state index >= 15 is 0 Å². The largest absolute Gasteiger partial charge is 0.499 e. The summed E-state index contributed by atoms with van der Waals surface area (Å²) in [7, 11) is 0. The summed E-state index contributed by atoms with van der Waals surface area (Å²) in [5.74, 6) is 0. The molecule has 0 aromatic rings. The van der Waals surface area contributed by atoms with Gasteiger partial charge in [0.15, 0.2) is 0 Å². The van der Waals surface area contributed by atoms with Gasteiger partial charge in [0.2, 0.25) is 0 Å². The molecule has 0 bridgehead atoms. The van der Waals surface area contributed by atoms with Gasteiger partial charge in [0.05, 0.1) is 12.9 Å². The van der Waals surface area contributed by atoms with E-state index < -0.39 is 0 Å². The average molecular weight is 156 g/mol. The van der Waals surface area contributed by atoms with Crippen LogP contribution < -0.4 is 0 Å². The maximum absolute atomic E-state index is 5.49. The monoisotopic (exact) mass is 156 g/mol. The first-order valence-electron chi connectivity index (χ1n) is 4.19. The van der Waals surface area contributed by atoms with Crippen LogP contribution in [-0.4, -0.2) is 18.8 Å². The van der Waals surface area contributed by atoms with Gasteiger partial charge in [-0.05, 0) is 6.42 Å². The zero-order valence-corrected chi connectivity index (χ0v) is 7.14. The van der Waals surface area contributed by atoms with Gasteiger partial charge in [0, 0.05) is 6.42 Å². The summed E-state index contributed by atoms with van der Waals surface area (Å²) in [4.78, 5) is 0. The van der Waals surface area contributed by atoms with Crippen molar-refractivity contribution in [2.24, 2.45) is 0 Å². The van der Waals surface area contributed by atoms with Crippen LogP contribution in [0.25, 0.3) is 0 Å². The summed E-state index contributed by atoms with van der Waals surface area (Å²) in [5, 5.41) is 0. The topological polar surface area (TPSA) is 18.5 Å². The van der Waals surface area contributed by atoms with Crippen molar-refractivity contribution in [1.82, 2.24) is 0 Å². The Balaban J connectivity index is 2.27. The molecular weight excluding hydrogens is 140 g/mol. The molecule has 0 saturated carbocycles. The van der Waals surface area contributed by atoms with Crippen LogP contribution >= 0.6 is 0 Å². The van der Waals surface area contributed by atoms with Crippen LogP contribution in [0.15, 0.2) is 12.8 Å². The molecule has 1 atom stereocenters. The van der Waals surface area contributed by atoms with Gasteiger partial charge in [-0.1, -0.05) is 19.9 Å². The van der Waals surface area contributed by atoms with E-state index in [2.05, 4.69) is 13.5 Å². The molecule has 0 N–H and O–H groups in total. The van der Waals surface area contributed by atoms with Crippen molar-refractivity contribution in [2.75, 3.05) is 13.2 Å². The van der Waals surface area contributed by atoms with Crippen LogP contribution in [0, 0.1) is 0 Å². The number of hydrogen-bond acceptors (Lipinski definition) is 2. The number of ether oxygens (including phenoxy) is 2. The van der Waals surface area contributed by atoms with E-state index in [1.165, 1.54) is 6.26 Å². The number of rotatable bonds is 5. The minimum atomic E-state index is 0.0307. The zero-order chi connectivity index (χ0) is 8.16. The van der Waals surface area contributed by atoms with Crippen LogP contribution in [-0.2, 0) is 9.47 Å². The third-order valence-corrected chi connectivity index (χ3v) is 2.14. The summed E-state index contributed by atoms with van der Waals surface area (Å²) in [6.07, 6.45) is 4.87. The highest BCUT2D eigenvalue weighted by Gasteiger charge is 2.37. The predicted octanol–water partition coefficient (Wildman–Crippen LogP) is 2.11. The van der Waals surface area contributed by atoms with Crippen LogP contribution in [0.5, 0.6) is 0 Å². The smallest absolute Gasteiger partial charge is 0.116 e. The van der Waals surface area contributed by atoms with E-state index in [9.17, 15) is 0 Å². The van der Waals surface area contributed by atoms with Gasteiger partial charge in [-0.25, -0.2) is 0 Å². The molecule has 0 spiro atoms. The van der Waals surface area contributed by atoms with Crippen LogP contribution in [0.4, 0.5) is 0 Å². The second kappa shape index (κ2) is 3.77. The standard InChI is InChI=1S/C9H16O2/c1-3-5-9(6-7-11-9)8-10-4-2/h4H,2-3,5-8H2,1H3. The van der Waals surface area contributed by atoms with Crippen molar-refractivity contribution >= 4 is 0 Å². The van der Waals surface area contributed by atoms with Gasteiger partial charge < -0.3 is 9.47 Å². The molecule has 0 aliphatic carbocycles. The Morgan fingerprint density at radius 3 is 2.82 bits per heavy atom. The molecule has 0 aromatic carbocycles. The SMILES string of the molecule is C=COCC1(CCC)CCO1. The van der Waals surface area contributed by atoms with E-state index in [4.69, 9.17) is 9.47 Å². The normalized spacial score (nSPS) is 29.2. The van der Waals surface area contributed by atoms with Gasteiger partial charge in [0.1, 0.15) is 12.2 Å². The van der Waals surface area contributed by atoms with E-state index in [0.717, 1.165) is 25.9 Å². The van der Waals surface area contributed by atoms with Crippen LogP contribution in [0.3, 0.4) is 0 Å². The molecule has 64 valence electrons. The third-order valence-electron chi connectivity index (χ3n) is 2.14. The second-order valence-electron chi connectivity index (χ2n) is 3.01. The van der Waals surface area contributed by atoms with E-state index in [1.54, 1.807) is 0 Å². The predicted molar refractivity (Wildman–Crippen MR) is 44.4 cm³/mol. The second-order valence-corrected chi connectivity index (χ2v) is 3.01. The Hall–Kier alpha value is -0.500. The molecule has 2 heteroatoms. The molecular formula is C9H16O2. The molecule has 1 rings (SSSR count). The Morgan fingerprint density at radius 1 is 1.73 bits per heavy atom. The van der Waals surface area contributed by atoms with Gasteiger partial charge in [-0.3, -0.25) is 0 Å². The fourth-order valence-electron chi connectivity index (χ4n) is 1.44. The van der Waals surface area contributed by atoms with E-state index in [-0.39, 0.29) is 5.60 Å². The van der Waals surface area contributed by atoms with E-state index in [0.29, 0.717) is 6.61 Å². The molecule has 1 saturated heterocycles. The summed E-state index contributed by atoms with van der Waals surface area (Å²) < 4.78 is 10.6. The Morgan fingerprint density at radius 2 is 2.45 bits per heavy atom. The average Bonchev–Trinajstić information content (AvgIpc) is 1.95. The lowest BCUT2D eigenvalue weighted by molar-refractivity contribution is -0.175. The van der Waals surface area contributed by atoms with Gasteiger partial charge in [-0.2, -0.15) is 0 Å². The molecule has 1 aliphatic heterocycles. The summed E-state index contributed by atoms with van der Waals surface area (Å²) in [6.45, 7) is 7.23. The molecule has 0 radical (unpaired) electrons. The van der Waals surface area contributed by atoms with E-state index in [1.807, 2.05) is 0 Å². The first kappa shape index (κ1) is 8.60. The third kappa shape index (κ3) is 1.96. The maximum Gasteiger partial charge on any atom is 0.116 e. The van der Waals surface area contributed by atoms with Crippen molar-refractivity contribution in [3.05, 3.63) is 12.8 Å². The van der Waals surface area contributed by atoms with Crippen LogP contribution in [0.1, 0.15) is 26.2 Å². The first-order chi connectivity index (χ1) is 5.33. The molecule has 0 aromatic heterocycles. The molecule has 1 aliphatic rings. The van der Waals surface area contributed by atoms with Crippen molar-refractivity contribution < 1.29 is 9.47 Å².